The highest BCUT2D eigenvalue weighted by molar-refractivity contribution is 7.89. The second-order valence-electron chi connectivity index (χ2n) is 11.5. The lowest BCUT2D eigenvalue weighted by molar-refractivity contribution is -0.146. The Morgan fingerprint density at radius 3 is 2.45 bits per heavy atom. The number of rotatable bonds is 8. The molecule has 2 saturated carbocycles. The molecule has 0 bridgehead atoms. The number of methoxy groups -OCH3 is 1. The number of anilines is 1. The Hall–Kier alpha value is -3.39. The van der Waals surface area contributed by atoms with Gasteiger partial charge in [-0.25, -0.2) is 13.1 Å². The summed E-state index contributed by atoms with van der Waals surface area (Å²) < 4.78 is 39.4. The van der Waals surface area contributed by atoms with Gasteiger partial charge in [-0.15, -0.1) is 0 Å². The topological polar surface area (TPSA) is 128 Å². The van der Waals surface area contributed by atoms with Crippen LogP contribution in [0.2, 0.25) is 0 Å². The first-order chi connectivity index (χ1) is 20.2. The number of benzene rings is 2. The van der Waals surface area contributed by atoms with Crippen LogP contribution < -0.4 is 10.5 Å². The maximum Gasteiger partial charge on any atom is 0.305 e. The number of hydrogen-bond donors (Lipinski definition) is 2. The number of nitrogen functional groups attached to an aromatic ring is 1. The number of aryl methyl sites for hydroxylation is 1. The Kier molecular flexibility index (Phi) is 9.51. The zero-order chi connectivity index (χ0) is 29.7. The second-order valence-corrected chi connectivity index (χ2v) is 13.2. The highest BCUT2D eigenvalue weighted by Crippen LogP contribution is 2.38. The first-order valence-electron chi connectivity index (χ1n) is 14.7. The third kappa shape index (κ3) is 7.51. The van der Waals surface area contributed by atoms with Crippen LogP contribution >= 0.6 is 0 Å². The van der Waals surface area contributed by atoms with Crippen molar-refractivity contribution in [2.75, 3.05) is 32.6 Å². The van der Waals surface area contributed by atoms with Crippen LogP contribution in [-0.2, 0) is 35.5 Å². The van der Waals surface area contributed by atoms with E-state index in [4.69, 9.17) is 10.5 Å². The monoisotopic (exact) mass is 593 g/mol. The Morgan fingerprint density at radius 1 is 1.05 bits per heavy atom. The van der Waals surface area contributed by atoms with Gasteiger partial charge in [-0.05, 0) is 86.8 Å². The average Bonchev–Trinajstić information content (AvgIpc) is 3.85. The molecule has 1 amide bonds. The molecule has 42 heavy (non-hydrogen) atoms. The van der Waals surface area contributed by atoms with E-state index in [-0.39, 0.29) is 40.5 Å². The Morgan fingerprint density at radius 2 is 1.79 bits per heavy atom. The molecule has 2 aromatic rings. The Labute approximate surface area is 248 Å². The zero-order valence-corrected chi connectivity index (χ0v) is 24.8. The number of ether oxygens (including phenoxy) is 2. The van der Waals surface area contributed by atoms with Crippen LogP contribution in [-0.4, -0.2) is 64.1 Å². The highest BCUT2D eigenvalue weighted by atomic mass is 32.2. The quantitative estimate of drug-likeness (QED) is 0.273. The number of carbonyl (C=O) groups is 2. The second kappa shape index (κ2) is 13.3. The molecule has 224 valence electrons. The molecular weight excluding hydrogens is 554 g/mol. The van der Waals surface area contributed by atoms with Gasteiger partial charge >= 0.3 is 5.97 Å². The third-order valence-corrected chi connectivity index (χ3v) is 10.0. The lowest BCUT2D eigenvalue weighted by Crippen LogP contribution is -2.52. The maximum atomic E-state index is 13.3. The number of nitrogens with zero attached hydrogens (tertiary/aromatic N) is 1. The van der Waals surface area contributed by atoms with E-state index in [0.717, 1.165) is 11.1 Å². The van der Waals surface area contributed by atoms with E-state index in [9.17, 15) is 18.0 Å². The number of morpholine rings is 1. The third-order valence-electron chi connectivity index (χ3n) is 8.49. The molecule has 1 heterocycles. The van der Waals surface area contributed by atoms with Crippen LogP contribution in [0.15, 0.2) is 47.4 Å². The van der Waals surface area contributed by atoms with E-state index in [2.05, 4.69) is 21.3 Å². The minimum atomic E-state index is -3.78. The molecule has 2 aromatic carbocycles. The van der Waals surface area contributed by atoms with Gasteiger partial charge in [0.05, 0.1) is 31.3 Å². The van der Waals surface area contributed by atoms with Gasteiger partial charge in [0.15, 0.2) is 0 Å². The maximum absolute atomic E-state index is 13.3. The standard InChI is InChI=1S/C32H39N3O6S/c1-40-31(36)17-7-23-4-2-22(3-5-23)6-8-24-13-16-28(20-29(24)33)42(38,39)34-27-14-11-26(12-15-27)32(37)35-18-19-41-21-30(35)25-9-10-25/h2-5,13,16,20,25-27,30,34H,7,9-12,14-15,17-19,21,33H2,1H3/t26?,27?,30-/m1/s1. The van der Waals surface area contributed by atoms with E-state index >= 15 is 0 Å². The Bertz CT molecular complexity index is 1450. The summed E-state index contributed by atoms with van der Waals surface area (Å²) in [6, 6.07) is 12.1. The van der Waals surface area contributed by atoms with Crippen molar-refractivity contribution in [3.63, 3.8) is 0 Å². The molecule has 3 N–H and O–H groups in total. The number of carbonyl (C=O) groups excluding carboxylic acids is 2. The van der Waals surface area contributed by atoms with E-state index < -0.39 is 10.0 Å². The summed E-state index contributed by atoms with van der Waals surface area (Å²) >= 11 is 0. The first-order valence-corrected chi connectivity index (χ1v) is 16.2. The van der Waals surface area contributed by atoms with Crippen LogP contribution in [0.1, 0.15) is 61.6 Å². The zero-order valence-electron chi connectivity index (χ0n) is 24.0. The Balaban J connectivity index is 1.14. The van der Waals surface area contributed by atoms with E-state index in [1.165, 1.54) is 32.1 Å². The van der Waals surface area contributed by atoms with E-state index in [1.807, 2.05) is 29.2 Å². The van der Waals surface area contributed by atoms with Gasteiger partial charge in [0, 0.05) is 41.7 Å². The SMILES string of the molecule is COC(=O)CCc1ccc(C#Cc2ccc(S(=O)(=O)NC3CCC(C(=O)N4CCOC[C@@H]4C4CC4)CC3)cc2N)cc1. The summed E-state index contributed by atoms with van der Waals surface area (Å²) in [6.45, 7) is 1.87. The molecule has 3 fully saturated rings. The van der Waals surface area contributed by atoms with Gasteiger partial charge in [0.1, 0.15) is 0 Å². The van der Waals surface area contributed by atoms with Gasteiger partial charge in [-0.1, -0.05) is 24.0 Å². The molecule has 0 spiro atoms. The molecule has 0 unspecified atom stereocenters. The minimum Gasteiger partial charge on any atom is -0.469 e. The summed E-state index contributed by atoms with van der Waals surface area (Å²) in [6.07, 6.45) is 5.82. The molecule has 3 aliphatic rings. The first kappa shape index (κ1) is 30.1. The van der Waals surface area contributed by atoms with Gasteiger partial charge < -0.3 is 20.1 Å². The van der Waals surface area contributed by atoms with Crippen LogP contribution in [0, 0.1) is 23.7 Å². The van der Waals surface area contributed by atoms with Crippen molar-refractivity contribution in [3.8, 4) is 11.8 Å². The predicted octanol–water partition coefficient (Wildman–Crippen LogP) is 3.25. The normalized spacial score (nSPS) is 22.6. The fourth-order valence-electron chi connectivity index (χ4n) is 5.81. The van der Waals surface area contributed by atoms with Crippen molar-refractivity contribution >= 4 is 27.6 Å². The molecule has 2 aliphatic carbocycles. The lowest BCUT2D eigenvalue weighted by Gasteiger charge is -2.39. The average molecular weight is 594 g/mol. The van der Waals surface area contributed by atoms with Crippen LogP contribution in [0.5, 0.6) is 0 Å². The van der Waals surface area contributed by atoms with Crippen LogP contribution in [0.25, 0.3) is 0 Å². The number of nitrogens with one attached hydrogen (secondary N) is 1. The molecule has 1 atom stereocenters. The molecule has 0 aromatic heterocycles. The number of esters is 1. The van der Waals surface area contributed by atoms with Crippen molar-refractivity contribution in [2.45, 2.75) is 68.3 Å². The van der Waals surface area contributed by atoms with E-state index in [0.29, 0.717) is 69.8 Å². The smallest absolute Gasteiger partial charge is 0.305 e. The highest BCUT2D eigenvalue weighted by Gasteiger charge is 2.41. The summed E-state index contributed by atoms with van der Waals surface area (Å²) in [5, 5.41) is 0. The molecule has 0 radical (unpaired) electrons. The summed E-state index contributed by atoms with van der Waals surface area (Å²) in [4.78, 5) is 26.7. The van der Waals surface area contributed by atoms with Crippen LogP contribution in [0.3, 0.4) is 0 Å². The van der Waals surface area contributed by atoms with Gasteiger partial charge in [0.25, 0.3) is 0 Å². The fraction of sp³-hybridized carbons (Fsp3) is 0.500. The van der Waals surface area contributed by atoms with Gasteiger partial charge in [0.2, 0.25) is 15.9 Å². The summed E-state index contributed by atoms with van der Waals surface area (Å²) in [5.74, 6) is 6.53. The van der Waals surface area contributed by atoms with Crippen molar-refractivity contribution in [1.82, 2.24) is 9.62 Å². The number of amides is 1. The molecule has 10 heteroatoms. The minimum absolute atomic E-state index is 0.0605. The molecule has 5 rings (SSSR count). The fourth-order valence-corrected chi connectivity index (χ4v) is 7.15. The van der Waals surface area contributed by atoms with Crippen molar-refractivity contribution in [3.05, 3.63) is 59.2 Å². The van der Waals surface area contributed by atoms with Crippen molar-refractivity contribution in [2.24, 2.45) is 11.8 Å². The number of sulfonamides is 1. The largest absolute Gasteiger partial charge is 0.469 e. The van der Waals surface area contributed by atoms with Gasteiger partial charge in [-0.2, -0.15) is 0 Å². The van der Waals surface area contributed by atoms with Crippen molar-refractivity contribution in [1.29, 1.82) is 0 Å². The van der Waals surface area contributed by atoms with Crippen molar-refractivity contribution < 1.29 is 27.5 Å². The summed E-state index contributed by atoms with van der Waals surface area (Å²) in [7, 11) is -2.41. The molecule has 1 aliphatic heterocycles. The lowest BCUT2D eigenvalue weighted by atomic mass is 9.85. The summed E-state index contributed by atoms with van der Waals surface area (Å²) in [5.41, 5.74) is 8.79. The predicted molar refractivity (Wildman–Crippen MR) is 159 cm³/mol. The number of nitrogens with two attached hydrogens (primary N) is 1. The number of hydrogen-bond acceptors (Lipinski definition) is 7. The van der Waals surface area contributed by atoms with Crippen LogP contribution in [0.4, 0.5) is 5.69 Å². The van der Waals surface area contributed by atoms with Gasteiger partial charge in [-0.3, -0.25) is 9.59 Å². The molecule has 1 saturated heterocycles. The molecule has 9 nitrogen and oxygen atoms in total. The molecular formula is C32H39N3O6S. The van der Waals surface area contributed by atoms with E-state index in [1.54, 1.807) is 6.07 Å².